The Hall–Kier alpha value is -1.32. The van der Waals surface area contributed by atoms with Crippen molar-refractivity contribution in [2.75, 3.05) is 0 Å². The Labute approximate surface area is 128 Å². The summed E-state index contributed by atoms with van der Waals surface area (Å²) in [6.07, 6.45) is 8.01. The molecule has 1 aliphatic carbocycles. The Morgan fingerprint density at radius 3 is 2.52 bits per heavy atom. The van der Waals surface area contributed by atoms with Crippen LogP contribution in [-0.4, -0.2) is 21.7 Å². The van der Waals surface area contributed by atoms with Crippen LogP contribution in [0.1, 0.15) is 62.4 Å². The molecule has 1 aromatic heterocycles. The first-order chi connectivity index (χ1) is 10.0. The van der Waals surface area contributed by atoms with Gasteiger partial charge in [-0.2, -0.15) is 5.10 Å². The lowest BCUT2D eigenvalue weighted by Gasteiger charge is -2.30. The number of hydrogen-bond acceptors (Lipinski definition) is 2. The number of carbonyl (C=O) groups is 1. The van der Waals surface area contributed by atoms with E-state index in [2.05, 4.69) is 17.3 Å². The van der Waals surface area contributed by atoms with Crippen molar-refractivity contribution in [2.24, 2.45) is 13.0 Å². The molecule has 4 heteroatoms. The number of rotatable bonds is 5. The molecule has 2 rings (SSSR count). The lowest BCUT2D eigenvalue weighted by Crippen LogP contribution is -2.41. The van der Waals surface area contributed by atoms with Crippen LogP contribution < -0.4 is 5.32 Å². The van der Waals surface area contributed by atoms with Crippen molar-refractivity contribution in [1.29, 1.82) is 0 Å². The number of amides is 1. The zero-order valence-electron chi connectivity index (χ0n) is 13.9. The molecule has 1 aliphatic rings. The van der Waals surface area contributed by atoms with Gasteiger partial charge < -0.3 is 5.32 Å². The molecule has 1 aromatic rings. The van der Waals surface area contributed by atoms with E-state index in [1.54, 1.807) is 0 Å². The van der Waals surface area contributed by atoms with Crippen molar-refractivity contribution in [3.63, 3.8) is 0 Å². The Morgan fingerprint density at radius 2 is 2.00 bits per heavy atom. The molecule has 0 unspecified atom stereocenters. The minimum absolute atomic E-state index is 0.145. The van der Waals surface area contributed by atoms with Gasteiger partial charge in [-0.05, 0) is 39.0 Å². The summed E-state index contributed by atoms with van der Waals surface area (Å²) in [5, 5.41) is 7.66. The number of carbonyl (C=O) groups excluding carboxylic acids is 1. The van der Waals surface area contributed by atoms with Gasteiger partial charge in [-0.1, -0.05) is 26.2 Å². The molecule has 1 N–H and O–H groups in total. The third-order valence-electron chi connectivity index (χ3n) is 5.00. The molecule has 0 bridgehead atoms. The second-order valence-electron chi connectivity index (χ2n) is 6.43. The Kier molecular flexibility index (Phi) is 5.43. The quantitative estimate of drug-likeness (QED) is 0.906. The summed E-state index contributed by atoms with van der Waals surface area (Å²) >= 11 is 0. The van der Waals surface area contributed by atoms with E-state index >= 15 is 0 Å². The van der Waals surface area contributed by atoms with E-state index in [0.29, 0.717) is 18.4 Å². The molecular weight excluding hydrogens is 262 g/mol. The molecule has 1 amide bonds. The van der Waals surface area contributed by atoms with Gasteiger partial charge in [0, 0.05) is 24.3 Å². The number of aromatic nitrogens is 2. The van der Waals surface area contributed by atoms with E-state index in [1.165, 1.54) is 32.1 Å². The second kappa shape index (κ2) is 7.10. The van der Waals surface area contributed by atoms with Gasteiger partial charge in [-0.25, -0.2) is 0 Å². The highest BCUT2D eigenvalue weighted by molar-refractivity contribution is 5.79. The van der Waals surface area contributed by atoms with Crippen molar-refractivity contribution in [2.45, 2.75) is 71.8 Å². The van der Waals surface area contributed by atoms with Crippen LogP contribution in [0.25, 0.3) is 0 Å². The standard InChI is InChI=1S/C17H29N3O/c1-5-16(14-9-7-6-8-10-14)18-17(21)11-15-12(2)19-20(4)13(15)3/h14,16H,5-11H2,1-4H3,(H,18,21)/t16-/m0/s1. The van der Waals surface area contributed by atoms with E-state index in [9.17, 15) is 4.79 Å². The minimum atomic E-state index is 0.145. The number of aryl methyl sites for hydroxylation is 2. The fraction of sp³-hybridized carbons (Fsp3) is 0.765. The summed E-state index contributed by atoms with van der Waals surface area (Å²) in [4.78, 5) is 12.4. The maximum Gasteiger partial charge on any atom is 0.224 e. The van der Waals surface area contributed by atoms with E-state index in [1.807, 2.05) is 25.6 Å². The monoisotopic (exact) mass is 291 g/mol. The molecule has 0 radical (unpaired) electrons. The van der Waals surface area contributed by atoms with Crippen molar-refractivity contribution >= 4 is 5.91 Å². The zero-order chi connectivity index (χ0) is 15.4. The molecule has 0 aromatic carbocycles. The lowest BCUT2D eigenvalue weighted by molar-refractivity contribution is -0.121. The Bertz CT molecular complexity index is 486. The van der Waals surface area contributed by atoms with Crippen molar-refractivity contribution in [3.8, 4) is 0 Å². The summed E-state index contributed by atoms with van der Waals surface area (Å²) < 4.78 is 1.86. The average molecular weight is 291 g/mol. The van der Waals surface area contributed by atoms with Crippen LogP contribution in [0.5, 0.6) is 0 Å². The zero-order valence-corrected chi connectivity index (χ0v) is 13.9. The first kappa shape index (κ1) is 16.1. The first-order valence-electron chi connectivity index (χ1n) is 8.31. The van der Waals surface area contributed by atoms with E-state index < -0.39 is 0 Å². The maximum absolute atomic E-state index is 12.4. The fourth-order valence-electron chi connectivity index (χ4n) is 3.58. The molecule has 1 atom stereocenters. The summed E-state index contributed by atoms with van der Waals surface area (Å²) in [5.74, 6) is 0.815. The summed E-state index contributed by atoms with van der Waals surface area (Å²) in [5.41, 5.74) is 3.14. The molecule has 1 fully saturated rings. The molecule has 118 valence electrons. The molecule has 1 heterocycles. The first-order valence-corrected chi connectivity index (χ1v) is 8.31. The van der Waals surface area contributed by atoms with E-state index in [0.717, 1.165) is 23.4 Å². The minimum Gasteiger partial charge on any atom is -0.353 e. The third-order valence-corrected chi connectivity index (χ3v) is 5.00. The fourth-order valence-corrected chi connectivity index (χ4v) is 3.58. The topological polar surface area (TPSA) is 46.9 Å². The highest BCUT2D eigenvalue weighted by atomic mass is 16.1. The molecule has 0 aliphatic heterocycles. The third kappa shape index (κ3) is 3.86. The van der Waals surface area contributed by atoms with E-state index in [-0.39, 0.29) is 5.91 Å². The average Bonchev–Trinajstić information content (AvgIpc) is 2.72. The molecule has 0 saturated heterocycles. The van der Waals surface area contributed by atoms with Crippen LogP contribution in [0.3, 0.4) is 0 Å². The van der Waals surface area contributed by atoms with Crippen molar-refractivity contribution in [3.05, 3.63) is 17.0 Å². The number of hydrogen-bond donors (Lipinski definition) is 1. The summed E-state index contributed by atoms with van der Waals surface area (Å²) in [6, 6.07) is 0.343. The highest BCUT2D eigenvalue weighted by Crippen LogP contribution is 2.27. The normalized spacial score (nSPS) is 17.7. The summed E-state index contributed by atoms with van der Waals surface area (Å²) in [6.45, 7) is 6.19. The van der Waals surface area contributed by atoms with Crippen LogP contribution in [0.4, 0.5) is 0 Å². The highest BCUT2D eigenvalue weighted by Gasteiger charge is 2.24. The van der Waals surface area contributed by atoms with Gasteiger partial charge >= 0.3 is 0 Å². The lowest BCUT2D eigenvalue weighted by atomic mass is 9.83. The predicted octanol–water partition coefficient (Wildman–Crippen LogP) is 3.05. The molecule has 1 saturated carbocycles. The Morgan fingerprint density at radius 1 is 1.33 bits per heavy atom. The number of nitrogens with zero attached hydrogens (tertiary/aromatic N) is 2. The SMILES string of the molecule is CC[C@H](NC(=O)Cc1c(C)nn(C)c1C)C1CCCCC1. The van der Waals surface area contributed by atoms with Gasteiger partial charge in [0.25, 0.3) is 0 Å². The Balaban J connectivity index is 1.96. The molecule has 4 nitrogen and oxygen atoms in total. The largest absolute Gasteiger partial charge is 0.353 e. The van der Waals surface area contributed by atoms with Crippen LogP contribution in [0.15, 0.2) is 0 Å². The molecule has 21 heavy (non-hydrogen) atoms. The van der Waals surface area contributed by atoms with Gasteiger partial charge in [0.1, 0.15) is 0 Å². The van der Waals surface area contributed by atoms with Crippen LogP contribution in [0.2, 0.25) is 0 Å². The van der Waals surface area contributed by atoms with Crippen LogP contribution in [0, 0.1) is 19.8 Å². The van der Waals surface area contributed by atoms with Crippen molar-refractivity contribution < 1.29 is 4.79 Å². The van der Waals surface area contributed by atoms with Gasteiger partial charge in [0.15, 0.2) is 0 Å². The maximum atomic E-state index is 12.4. The molecule has 0 spiro atoms. The van der Waals surface area contributed by atoms with E-state index in [4.69, 9.17) is 0 Å². The van der Waals surface area contributed by atoms with Crippen LogP contribution >= 0.6 is 0 Å². The molecular formula is C17H29N3O. The van der Waals surface area contributed by atoms with Crippen LogP contribution in [-0.2, 0) is 18.3 Å². The number of nitrogens with one attached hydrogen (secondary N) is 1. The van der Waals surface area contributed by atoms with Gasteiger partial charge in [0.05, 0.1) is 12.1 Å². The van der Waals surface area contributed by atoms with Gasteiger partial charge in [0.2, 0.25) is 5.91 Å². The summed E-state index contributed by atoms with van der Waals surface area (Å²) in [7, 11) is 1.93. The van der Waals surface area contributed by atoms with Gasteiger partial charge in [-0.15, -0.1) is 0 Å². The van der Waals surface area contributed by atoms with Gasteiger partial charge in [-0.3, -0.25) is 9.48 Å². The second-order valence-corrected chi connectivity index (χ2v) is 6.43. The predicted molar refractivity (Wildman–Crippen MR) is 85.2 cm³/mol. The van der Waals surface area contributed by atoms with Crippen molar-refractivity contribution in [1.82, 2.24) is 15.1 Å². The smallest absolute Gasteiger partial charge is 0.224 e.